The fourth-order valence-corrected chi connectivity index (χ4v) is 2.11. The molecule has 0 aliphatic rings. The number of allylic oxidation sites excluding steroid dienone is 1. The van der Waals surface area contributed by atoms with E-state index in [1.54, 1.807) is 0 Å². The maximum atomic E-state index is 9.22. The summed E-state index contributed by atoms with van der Waals surface area (Å²) in [4.78, 5) is 9.00. The van der Waals surface area contributed by atoms with Gasteiger partial charge in [-0.05, 0) is 22.6 Å². The van der Waals surface area contributed by atoms with Crippen molar-refractivity contribution in [3.8, 4) is 11.1 Å². The second-order valence-electron chi connectivity index (χ2n) is 5.18. The number of benzene rings is 2. The van der Waals surface area contributed by atoms with Crippen LogP contribution in [0.15, 0.2) is 66.9 Å². The average molecular weight is 298 g/mol. The zero-order valence-electron chi connectivity index (χ0n) is 13.0. The molecule has 0 heterocycles. The highest BCUT2D eigenvalue weighted by atomic mass is 16.4. The third-order valence-corrected chi connectivity index (χ3v) is 3.13. The van der Waals surface area contributed by atoms with Crippen LogP contribution in [-0.4, -0.2) is 16.2 Å². The van der Waals surface area contributed by atoms with Crippen LogP contribution in [0.3, 0.4) is 0 Å². The molecule has 0 aliphatic carbocycles. The van der Waals surface area contributed by atoms with Crippen molar-refractivity contribution in [1.82, 2.24) is 0 Å². The molecule has 2 N–H and O–H groups in total. The second-order valence-corrected chi connectivity index (χ2v) is 5.18. The zero-order chi connectivity index (χ0) is 16.5. The smallest absolute Gasteiger partial charge is 0.300 e. The first kappa shape index (κ1) is 17.5. The number of carbonyl (C=O) groups is 1. The fourth-order valence-electron chi connectivity index (χ4n) is 2.11. The fraction of sp³-hybridized carbons (Fsp3) is 0.211. The number of rotatable bonds is 4. The van der Waals surface area contributed by atoms with Crippen LogP contribution >= 0.6 is 0 Å². The third kappa shape index (κ3) is 6.27. The number of carboxylic acids is 1. The molecular weight excluding hydrogens is 276 g/mol. The summed E-state index contributed by atoms with van der Waals surface area (Å²) in [5, 5.41) is 16.6. The van der Waals surface area contributed by atoms with Gasteiger partial charge in [-0.2, -0.15) is 0 Å². The van der Waals surface area contributed by atoms with Gasteiger partial charge in [0.05, 0.1) is 5.76 Å². The normalized spacial score (nSPS) is 11.0. The molecule has 0 fully saturated rings. The van der Waals surface area contributed by atoms with Crippen LogP contribution in [0, 0.1) is 0 Å². The molecule has 0 amide bonds. The number of carboxylic acid groups (broad SMARTS) is 1. The lowest BCUT2D eigenvalue weighted by Crippen LogP contribution is -1.94. The Labute approximate surface area is 131 Å². The van der Waals surface area contributed by atoms with Crippen molar-refractivity contribution in [2.24, 2.45) is 0 Å². The van der Waals surface area contributed by atoms with Crippen molar-refractivity contribution >= 4 is 5.97 Å². The Bertz CT molecular complexity index is 596. The van der Waals surface area contributed by atoms with Crippen molar-refractivity contribution in [2.75, 3.05) is 0 Å². The molecule has 2 aromatic carbocycles. The summed E-state index contributed by atoms with van der Waals surface area (Å²) in [7, 11) is 0. The molecular formula is C19H22O3. The molecule has 3 heteroatoms. The number of aliphatic hydroxyl groups is 1. The lowest BCUT2D eigenvalue weighted by atomic mass is 9.95. The summed E-state index contributed by atoms with van der Waals surface area (Å²) < 4.78 is 0. The predicted molar refractivity (Wildman–Crippen MR) is 90.0 cm³/mol. The highest BCUT2D eigenvalue weighted by Gasteiger charge is 2.07. The standard InChI is InChI=1S/C17H18O.C2H4O2/c1-13(12-14(2)18)15-8-10-17(11-9-15)16-6-4-3-5-7-16;1-2(3)4/h3-11,13,18H,2,12H2,1H3;1H3,(H,3,4). The Morgan fingerprint density at radius 1 is 1.00 bits per heavy atom. The van der Waals surface area contributed by atoms with Gasteiger partial charge in [-0.25, -0.2) is 0 Å². The van der Waals surface area contributed by atoms with Crippen LogP contribution in [-0.2, 0) is 4.79 Å². The SMILES string of the molecule is C=C(O)CC(C)c1ccc(-c2ccccc2)cc1.CC(=O)O. The van der Waals surface area contributed by atoms with E-state index in [-0.39, 0.29) is 5.76 Å². The molecule has 2 aromatic rings. The number of aliphatic carboxylic acids is 1. The maximum Gasteiger partial charge on any atom is 0.300 e. The van der Waals surface area contributed by atoms with Gasteiger partial charge < -0.3 is 10.2 Å². The first-order chi connectivity index (χ1) is 10.4. The summed E-state index contributed by atoms with van der Waals surface area (Å²) in [6, 6.07) is 18.8. The first-order valence-electron chi connectivity index (χ1n) is 7.11. The summed E-state index contributed by atoms with van der Waals surface area (Å²) in [6.45, 7) is 6.72. The summed E-state index contributed by atoms with van der Waals surface area (Å²) in [6.07, 6.45) is 0.616. The summed E-state index contributed by atoms with van der Waals surface area (Å²) in [5.41, 5.74) is 3.67. The number of hydrogen-bond acceptors (Lipinski definition) is 2. The Morgan fingerprint density at radius 2 is 1.45 bits per heavy atom. The van der Waals surface area contributed by atoms with Crippen LogP contribution in [0.5, 0.6) is 0 Å². The molecule has 0 aliphatic heterocycles. The van der Waals surface area contributed by atoms with E-state index in [0.717, 1.165) is 6.92 Å². The van der Waals surface area contributed by atoms with Gasteiger partial charge in [0.1, 0.15) is 0 Å². The molecule has 116 valence electrons. The average Bonchev–Trinajstić information content (AvgIpc) is 2.47. The molecule has 1 atom stereocenters. The molecule has 0 aromatic heterocycles. The first-order valence-corrected chi connectivity index (χ1v) is 7.11. The largest absolute Gasteiger partial charge is 0.513 e. The molecule has 0 saturated heterocycles. The quantitative estimate of drug-likeness (QED) is 0.780. The van der Waals surface area contributed by atoms with E-state index < -0.39 is 5.97 Å². The van der Waals surface area contributed by atoms with E-state index in [9.17, 15) is 5.11 Å². The van der Waals surface area contributed by atoms with Crippen molar-refractivity contribution in [3.63, 3.8) is 0 Å². The second kappa shape index (κ2) is 8.67. The van der Waals surface area contributed by atoms with Crippen molar-refractivity contribution in [2.45, 2.75) is 26.2 Å². The van der Waals surface area contributed by atoms with Crippen molar-refractivity contribution in [1.29, 1.82) is 0 Å². The van der Waals surface area contributed by atoms with Crippen molar-refractivity contribution < 1.29 is 15.0 Å². The van der Waals surface area contributed by atoms with Gasteiger partial charge in [-0.1, -0.05) is 68.1 Å². The molecule has 22 heavy (non-hydrogen) atoms. The van der Waals surface area contributed by atoms with Gasteiger partial charge in [-0.15, -0.1) is 0 Å². The molecule has 2 rings (SSSR count). The number of hydrogen-bond donors (Lipinski definition) is 2. The minimum Gasteiger partial charge on any atom is -0.513 e. The summed E-state index contributed by atoms with van der Waals surface area (Å²) in [5.74, 6) is -0.290. The van der Waals surface area contributed by atoms with Crippen LogP contribution in [0.4, 0.5) is 0 Å². The van der Waals surface area contributed by atoms with E-state index in [0.29, 0.717) is 12.3 Å². The van der Waals surface area contributed by atoms with Gasteiger partial charge in [0.25, 0.3) is 5.97 Å². The van der Waals surface area contributed by atoms with Gasteiger partial charge in [0.2, 0.25) is 0 Å². The molecule has 1 unspecified atom stereocenters. The number of aliphatic hydroxyl groups excluding tert-OH is 1. The van der Waals surface area contributed by atoms with Gasteiger partial charge >= 0.3 is 0 Å². The van der Waals surface area contributed by atoms with Crippen LogP contribution < -0.4 is 0 Å². The highest BCUT2D eigenvalue weighted by Crippen LogP contribution is 2.25. The molecule has 0 bridgehead atoms. The van der Waals surface area contributed by atoms with Gasteiger partial charge in [0, 0.05) is 13.3 Å². The molecule has 0 radical (unpaired) electrons. The summed E-state index contributed by atoms with van der Waals surface area (Å²) >= 11 is 0. The van der Waals surface area contributed by atoms with E-state index in [1.807, 2.05) is 18.2 Å². The lowest BCUT2D eigenvalue weighted by molar-refractivity contribution is -0.134. The topological polar surface area (TPSA) is 57.5 Å². The minimum absolute atomic E-state index is 0.245. The van der Waals surface area contributed by atoms with Crippen LogP contribution in [0.25, 0.3) is 11.1 Å². The monoisotopic (exact) mass is 298 g/mol. The Kier molecular flexibility index (Phi) is 6.90. The van der Waals surface area contributed by atoms with Gasteiger partial charge in [-0.3, -0.25) is 4.79 Å². The van der Waals surface area contributed by atoms with E-state index >= 15 is 0 Å². The third-order valence-electron chi connectivity index (χ3n) is 3.13. The van der Waals surface area contributed by atoms with E-state index in [2.05, 4.69) is 49.9 Å². The minimum atomic E-state index is -0.833. The maximum absolute atomic E-state index is 9.22. The molecule has 0 spiro atoms. The Hall–Kier alpha value is -2.55. The van der Waals surface area contributed by atoms with Crippen molar-refractivity contribution in [3.05, 3.63) is 72.5 Å². The Morgan fingerprint density at radius 3 is 1.91 bits per heavy atom. The van der Waals surface area contributed by atoms with Crippen LogP contribution in [0.1, 0.15) is 31.7 Å². The van der Waals surface area contributed by atoms with E-state index in [1.165, 1.54) is 16.7 Å². The molecule has 0 saturated carbocycles. The molecule has 3 nitrogen and oxygen atoms in total. The lowest BCUT2D eigenvalue weighted by Gasteiger charge is -2.11. The van der Waals surface area contributed by atoms with Crippen LogP contribution in [0.2, 0.25) is 0 Å². The zero-order valence-corrected chi connectivity index (χ0v) is 13.0. The highest BCUT2D eigenvalue weighted by molar-refractivity contribution is 5.63. The Balaban J connectivity index is 0.000000541. The van der Waals surface area contributed by atoms with E-state index in [4.69, 9.17) is 9.90 Å². The van der Waals surface area contributed by atoms with Gasteiger partial charge in [0.15, 0.2) is 0 Å². The predicted octanol–water partition coefficient (Wildman–Crippen LogP) is 5.01.